The molecular weight excluding hydrogens is 262 g/mol. The lowest BCUT2D eigenvalue weighted by Crippen LogP contribution is -2.45. The summed E-state index contributed by atoms with van der Waals surface area (Å²) in [5.41, 5.74) is 6.99. The molecule has 0 bridgehead atoms. The van der Waals surface area contributed by atoms with E-state index in [-0.39, 0.29) is 10.9 Å². The number of nitrogens with two attached hydrogens (primary N) is 1. The molecule has 1 aromatic rings. The number of rotatable bonds is 2. The zero-order valence-corrected chi connectivity index (χ0v) is 11.7. The third kappa shape index (κ3) is 2.78. The van der Waals surface area contributed by atoms with E-state index < -0.39 is 10.0 Å². The molecule has 1 heterocycles. The van der Waals surface area contributed by atoms with Crippen molar-refractivity contribution in [1.29, 1.82) is 5.26 Å². The highest BCUT2D eigenvalue weighted by Gasteiger charge is 2.29. The van der Waals surface area contributed by atoms with Crippen molar-refractivity contribution < 1.29 is 8.42 Å². The van der Waals surface area contributed by atoms with Gasteiger partial charge in [0.05, 0.1) is 16.5 Å². The Morgan fingerprint density at radius 3 is 2.79 bits per heavy atom. The predicted octanol–water partition coefficient (Wildman–Crippen LogP) is 0.979. The maximum absolute atomic E-state index is 12.5. The van der Waals surface area contributed by atoms with E-state index in [0.717, 1.165) is 12.8 Å². The second-order valence-corrected chi connectivity index (χ2v) is 6.79. The molecular formula is C13H17N3O2S. The molecule has 5 nitrogen and oxygen atoms in total. The maximum atomic E-state index is 12.5. The number of nitrogens with zero attached hydrogens (tertiary/aromatic N) is 2. The average Bonchev–Trinajstić information content (AvgIpc) is 2.38. The highest BCUT2D eigenvalue weighted by Crippen LogP contribution is 2.22. The van der Waals surface area contributed by atoms with Gasteiger partial charge in [-0.05, 0) is 43.5 Å². The third-order valence-corrected chi connectivity index (χ3v) is 5.24. The van der Waals surface area contributed by atoms with E-state index in [9.17, 15) is 8.42 Å². The highest BCUT2D eigenvalue weighted by atomic mass is 32.2. The zero-order chi connectivity index (χ0) is 14.0. The molecule has 1 aliphatic rings. The summed E-state index contributed by atoms with van der Waals surface area (Å²) < 4.78 is 26.4. The lowest BCUT2D eigenvalue weighted by atomic mass is 10.1. The van der Waals surface area contributed by atoms with Crippen molar-refractivity contribution >= 4 is 10.0 Å². The van der Waals surface area contributed by atoms with E-state index in [1.807, 2.05) is 6.07 Å². The van der Waals surface area contributed by atoms with Gasteiger partial charge in [0.25, 0.3) is 0 Å². The second kappa shape index (κ2) is 5.29. The minimum atomic E-state index is -3.50. The molecule has 1 saturated heterocycles. The van der Waals surface area contributed by atoms with Gasteiger partial charge in [0.2, 0.25) is 10.0 Å². The van der Waals surface area contributed by atoms with Crippen molar-refractivity contribution in [3.63, 3.8) is 0 Å². The number of piperidine rings is 1. The molecule has 6 heteroatoms. The lowest BCUT2D eigenvalue weighted by Gasteiger charge is -2.29. The summed E-state index contributed by atoms with van der Waals surface area (Å²) in [7, 11) is -3.50. The van der Waals surface area contributed by atoms with Gasteiger partial charge in [-0.3, -0.25) is 0 Å². The third-order valence-electron chi connectivity index (χ3n) is 3.38. The summed E-state index contributed by atoms with van der Waals surface area (Å²) >= 11 is 0. The summed E-state index contributed by atoms with van der Waals surface area (Å²) in [6.45, 7) is 2.61. The fourth-order valence-electron chi connectivity index (χ4n) is 2.26. The number of hydrogen-bond donors (Lipinski definition) is 1. The molecule has 0 aliphatic carbocycles. The molecule has 2 rings (SSSR count). The second-order valence-electron chi connectivity index (χ2n) is 4.85. The van der Waals surface area contributed by atoms with Gasteiger partial charge < -0.3 is 5.73 Å². The van der Waals surface area contributed by atoms with Gasteiger partial charge in [0.1, 0.15) is 0 Å². The Bertz CT molecular complexity index is 619. The number of aryl methyl sites for hydroxylation is 1. The minimum absolute atomic E-state index is 0.0944. The largest absolute Gasteiger partial charge is 0.327 e. The van der Waals surface area contributed by atoms with Crippen LogP contribution in [0.25, 0.3) is 0 Å². The first-order chi connectivity index (χ1) is 8.95. The maximum Gasteiger partial charge on any atom is 0.243 e. The van der Waals surface area contributed by atoms with Crippen molar-refractivity contribution in [3.05, 3.63) is 29.3 Å². The van der Waals surface area contributed by atoms with Gasteiger partial charge in [-0.15, -0.1) is 0 Å². The number of sulfonamides is 1. The van der Waals surface area contributed by atoms with Gasteiger partial charge in [-0.2, -0.15) is 9.57 Å². The SMILES string of the molecule is Cc1cc(S(=O)(=O)N2CCCC(N)C2)ccc1C#N. The number of hydrogen-bond acceptors (Lipinski definition) is 4. The van der Waals surface area contributed by atoms with Gasteiger partial charge in [-0.1, -0.05) is 0 Å². The van der Waals surface area contributed by atoms with Gasteiger partial charge >= 0.3 is 0 Å². The molecule has 1 aliphatic heterocycles. The molecule has 0 saturated carbocycles. The average molecular weight is 279 g/mol. The quantitative estimate of drug-likeness (QED) is 0.874. The molecule has 0 radical (unpaired) electrons. The normalized spacial score (nSPS) is 21.0. The molecule has 1 aromatic carbocycles. The molecule has 19 heavy (non-hydrogen) atoms. The molecule has 0 amide bonds. The summed E-state index contributed by atoms with van der Waals surface area (Å²) in [6, 6.07) is 6.52. The van der Waals surface area contributed by atoms with Crippen molar-refractivity contribution in [1.82, 2.24) is 4.31 Å². The predicted molar refractivity (Wildman–Crippen MR) is 71.9 cm³/mol. The molecule has 102 valence electrons. The van der Waals surface area contributed by atoms with Crippen LogP contribution in [0.3, 0.4) is 0 Å². The minimum Gasteiger partial charge on any atom is -0.327 e. The van der Waals surface area contributed by atoms with E-state index in [2.05, 4.69) is 0 Å². The van der Waals surface area contributed by atoms with Gasteiger partial charge in [0.15, 0.2) is 0 Å². The standard InChI is InChI=1S/C13H17N3O2S/c1-10-7-13(5-4-11(10)8-14)19(17,18)16-6-2-3-12(15)9-16/h4-5,7,12H,2-3,6,9,15H2,1H3. The fourth-order valence-corrected chi connectivity index (χ4v) is 3.88. The Hall–Kier alpha value is -1.42. The summed E-state index contributed by atoms with van der Waals surface area (Å²) in [4.78, 5) is 0.234. The number of nitriles is 1. The van der Waals surface area contributed by atoms with Crippen LogP contribution < -0.4 is 5.73 Å². The van der Waals surface area contributed by atoms with Crippen molar-refractivity contribution in [2.45, 2.75) is 30.7 Å². The van der Waals surface area contributed by atoms with E-state index in [1.165, 1.54) is 10.4 Å². The van der Waals surface area contributed by atoms with Crippen LogP contribution in [0.2, 0.25) is 0 Å². The van der Waals surface area contributed by atoms with Crippen LogP contribution in [0.15, 0.2) is 23.1 Å². The first-order valence-corrected chi connectivity index (χ1v) is 7.65. The molecule has 0 spiro atoms. The Morgan fingerprint density at radius 1 is 1.47 bits per heavy atom. The Balaban J connectivity index is 2.34. The molecule has 1 unspecified atom stereocenters. The number of benzene rings is 1. The van der Waals surface area contributed by atoms with Crippen LogP contribution in [0, 0.1) is 18.3 Å². The van der Waals surface area contributed by atoms with Crippen LogP contribution in [0.5, 0.6) is 0 Å². The first kappa shape index (κ1) is 14.0. The fraction of sp³-hybridized carbons (Fsp3) is 0.462. The lowest BCUT2D eigenvalue weighted by molar-refractivity contribution is 0.316. The Labute approximate surface area is 113 Å². The van der Waals surface area contributed by atoms with E-state index >= 15 is 0 Å². The zero-order valence-electron chi connectivity index (χ0n) is 10.8. The van der Waals surface area contributed by atoms with Crippen LogP contribution >= 0.6 is 0 Å². The van der Waals surface area contributed by atoms with Gasteiger partial charge in [0, 0.05) is 19.1 Å². The monoisotopic (exact) mass is 279 g/mol. The Morgan fingerprint density at radius 2 is 2.21 bits per heavy atom. The van der Waals surface area contributed by atoms with Gasteiger partial charge in [-0.25, -0.2) is 8.42 Å². The van der Waals surface area contributed by atoms with Crippen molar-refractivity contribution in [3.8, 4) is 6.07 Å². The summed E-state index contributed by atoms with van der Waals surface area (Å²) in [5, 5.41) is 8.87. The van der Waals surface area contributed by atoms with E-state index in [0.29, 0.717) is 24.2 Å². The smallest absolute Gasteiger partial charge is 0.243 e. The summed E-state index contributed by atoms with van der Waals surface area (Å²) in [6.07, 6.45) is 1.65. The van der Waals surface area contributed by atoms with E-state index in [1.54, 1.807) is 19.1 Å². The van der Waals surface area contributed by atoms with Crippen LogP contribution in [-0.4, -0.2) is 31.9 Å². The van der Waals surface area contributed by atoms with E-state index in [4.69, 9.17) is 11.0 Å². The Kier molecular flexibility index (Phi) is 3.90. The molecule has 2 N–H and O–H groups in total. The highest BCUT2D eigenvalue weighted by molar-refractivity contribution is 7.89. The molecule has 0 aromatic heterocycles. The summed E-state index contributed by atoms with van der Waals surface area (Å²) in [5.74, 6) is 0. The van der Waals surface area contributed by atoms with Crippen LogP contribution in [0.4, 0.5) is 0 Å². The molecule has 1 atom stereocenters. The van der Waals surface area contributed by atoms with Crippen LogP contribution in [0.1, 0.15) is 24.0 Å². The van der Waals surface area contributed by atoms with Crippen LogP contribution in [-0.2, 0) is 10.0 Å². The first-order valence-electron chi connectivity index (χ1n) is 6.21. The topological polar surface area (TPSA) is 87.2 Å². The van der Waals surface area contributed by atoms with Crippen molar-refractivity contribution in [2.24, 2.45) is 5.73 Å². The molecule has 1 fully saturated rings. The van der Waals surface area contributed by atoms with Crippen molar-refractivity contribution in [2.75, 3.05) is 13.1 Å².